The van der Waals surface area contributed by atoms with Crippen LogP contribution in [-0.2, 0) is 6.18 Å². The van der Waals surface area contributed by atoms with E-state index < -0.39 is 24.1 Å². The number of imidazole rings is 1. The smallest absolute Gasteiger partial charge is 0.298 e. The van der Waals surface area contributed by atoms with Crippen molar-refractivity contribution in [3.05, 3.63) is 40.5 Å². The van der Waals surface area contributed by atoms with Crippen LogP contribution in [0.5, 0.6) is 0 Å². The molecule has 0 amide bonds. The predicted octanol–water partition coefficient (Wildman–Crippen LogP) is 4.47. The fourth-order valence-corrected chi connectivity index (χ4v) is 2.58. The molecule has 0 radical (unpaired) electrons. The molecule has 0 bridgehead atoms. The maximum Gasteiger partial charge on any atom is 0.434 e. The van der Waals surface area contributed by atoms with Gasteiger partial charge < -0.3 is 0 Å². The van der Waals surface area contributed by atoms with Gasteiger partial charge in [-0.25, -0.2) is 13.8 Å². The summed E-state index contributed by atoms with van der Waals surface area (Å²) in [5, 5.41) is 7.04. The summed E-state index contributed by atoms with van der Waals surface area (Å²) in [6.07, 6.45) is -5.95. The van der Waals surface area contributed by atoms with E-state index in [1.807, 2.05) is 0 Å². The van der Waals surface area contributed by atoms with Crippen molar-refractivity contribution in [2.24, 2.45) is 0 Å². The van der Waals surface area contributed by atoms with Gasteiger partial charge in [0.1, 0.15) is 0 Å². The Kier molecular flexibility index (Phi) is 3.42. The molecule has 0 fully saturated rings. The quantitative estimate of drug-likeness (QED) is 0.666. The molecule has 10 heteroatoms. The standard InChI is InChI=1S/C12H6BrF5N4/c13-7-2-6(1-5-3-19-21-9(5)7)22-4-8(12(16,17)18)20-11(22)10(14)15/h1-4,10H,(H,19,21). The lowest BCUT2D eigenvalue weighted by atomic mass is 10.2. The number of halogens is 6. The van der Waals surface area contributed by atoms with Crippen LogP contribution in [0.1, 0.15) is 17.9 Å². The number of rotatable bonds is 2. The van der Waals surface area contributed by atoms with Crippen molar-refractivity contribution in [2.45, 2.75) is 12.6 Å². The molecule has 0 spiro atoms. The minimum absolute atomic E-state index is 0.124. The van der Waals surface area contributed by atoms with E-state index in [0.717, 1.165) is 4.57 Å². The zero-order chi connectivity index (χ0) is 16.1. The molecule has 0 saturated heterocycles. The van der Waals surface area contributed by atoms with E-state index in [0.29, 0.717) is 21.6 Å². The second kappa shape index (κ2) is 5.04. The molecule has 2 heterocycles. The fourth-order valence-electron chi connectivity index (χ4n) is 2.03. The first kappa shape index (κ1) is 14.9. The van der Waals surface area contributed by atoms with Crippen LogP contribution in [0, 0.1) is 0 Å². The van der Waals surface area contributed by atoms with Crippen LogP contribution in [0.4, 0.5) is 22.0 Å². The molecule has 0 atom stereocenters. The van der Waals surface area contributed by atoms with Gasteiger partial charge in [0.15, 0.2) is 11.5 Å². The third-order valence-corrected chi connectivity index (χ3v) is 3.61. The molecule has 2 aromatic heterocycles. The lowest BCUT2D eigenvalue weighted by Gasteiger charge is -2.08. The van der Waals surface area contributed by atoms with Crippen LogP contribution < -0.4 is 0 Å². The van der Waals surface area contributed by atoms with Crippen molar-refractivity contribution in [2.75, 3.05) is 0 Å². The Balaban J connectivity index is 2.22. The minimum atomic E-state index is -4.80. The van der Waals surface area contributed by atoms with Crippen molar-refractivity contribution in [1.29, 1.82) is 0 Å². The average molecular weight is 381 g/mol. The zero-order valence-corrected chi connectivity index (χ0v) is 12.1. The van der Waals surface area contributed by atoms with Gasteiger partial charge in [0.2, 0.25) is 0 Å². The number of alkyl halides is 5. The maximum absolute atomic E-state index is 13.0. The largest absolute Gasteiger partial charge is 0.434 e. The molecule has 22 heavy (non-hydrogen) atoms. The Labute approximate surface area is 128 Å². The van der Waals surface area contributed by atoms with Crippen molar-refractivity contribution in [3.8, 4) is 5.69 Å². The highest BCUT2D eigenvalue weighted by Crippen LogP contribution is 2.33. The Morgan fingerprint density at radius 1 is 1.23 bits per heavy atom. The summed E-state index contributed by atoms with van der Waals surface area (Å²) in [5.41, 5.74) is -0.635. The Morgan fingerprint density at radius 2 is 1.95 bits per heavy atom. The topological polar surface area (TPSA) is 46.5 Å². The summed E-state index contributed by atoms with van der Waals surface area (Å²) in [7, 11) is 0. The predicted molar refractivity (Wildman–Crippen MR) is 70.9 cm³/mol. The summed E-state index contributed by atoms with van der Waals surface area (Å²) >= 11 is 3.22. The maximum atomic E-state index is 13.0. The summed E-state index contributed by atoms with van der Waals surface area (Å²) in [5.74, 6) is -0.970. The fraction of sp³-hybridized carbons (Fsp3) is 0.167. The van der Waals surface area contributed by atoms with Crippen LogP contribution in [0.25, 0.3) is 16.6 Å². The van der Waals surface area contributed by atoms with Gasteiger partial charge >= 0.3 is 6.18 Å². The van der Waals surface area contributed by atoms with Gasteiger partial charge in [-0.2, -0.15) is 18.3 Å². The average Bonchev–Trinajstić information content (AvgIpc) is 3.04. The van der Waals surface area contributed by atoms with Gasteiger partial charge in [0.05, 0.1) is 11.7 Å². The van der Waals surface area contributed by atoms with Crippen LogP contribution >= 0.6 is 15.9 Å². The monoisotopic (exact) mass is 380 g/mol. The first-order chi connectivity index (χ1) is 10.3. The number of benzene rings is 1. The Bertz CT molecular complexity index is 836. The molecule has 1 N–H and O–H groups in total. The van der Waals surface area contributed by atoms with Crippen molar-refractivity contribution in [1.82, 2.24) is 19.7 Å². The highest BCUT2D eigenvalue weighted by molar-refractivity contribution is 9.10. The van der Waals surface area contributed by atoms with E-state index >= 15 is 0 Å². The number of hydrogen-bond donors (Lipinski definition) is 1. The molecule has 0 aliphatic rings. The summed E-state index contributed by atoms with van der Waals surface area (Å²) in [6.45, 7) is 0. The van der Waals surface area contributed by atoms with E-state index in [2.05, 4.69) is 31.1 Å². The normalized spacial score (nSPS) is 12.5. The molecule has 1 aromatic carbocycles. The summed E-state index contributed by atoms with van der Waals surface area (Å²) in [6, 6.07) is 2.85. The van der Waals surface area contributed by atoms with Crippen LogP contribution in [0.15, 0.2) is 29.0 Å². The number of aromatic amines is 1. The van der Waals surface area contributed by atoms with Crippen LogP contribution in [-0.4, -0.2) is 19.7 Å². The lowest BCUT2D eigenvalue weighted by molar-refractivity contribution is -0.141. The molecule has 0 aliphatic carbocycles. The second-order valence-electron chi connectivity index (χ2n) is 4.41. The SMILES string of the molecule is FC(F)c1nc(C(F)(F)F)cn1-c1cc(Br)c2[nH]ncc2c1. The first-order valence-corrected chi connectivity index (χ1v) is 6.64. The Morgan fingerprint density at radius 3 is 2.59 bits per heavy atom. The highest BCUT2D eigenvalue weighted by Gasteiger charge is 2.36. The number of H-pyrrole nitrogens is 1. The number of nitrogens with zero attached hydrogens (tertiary/aromatic N) is 3. The van der Waals surface area contributed by atoms with E-state index in [1.54, 1.807) is 0 Å². The molecular formula is C12H6BrF5N4. The van der Waals surface area contributed by atoms with Crippen molar-refractivity contribution in [3.63, 3.8) is 0 Å². The van der Waals surface area contributed by atoms with Gasteiger partial charge in [-0.1, -0.05) is 0 Å². The van der Waals surface area contributed by atoms with Crippen molar-refractivity contribution >= 4 is 26.8 Å². The summed E-state index contributed by atoms with van der Waals surface area (Å²) in [4.78, 5) is 3.00. The van der Waals surface area contributed by atoms with Gasteiger partial charge in [-0.3, -0.25) is 9.67 Å². The first-order valence-electron chi connectivity index (χ1n) is 5.85. The molecule has 4 nitrogen and oxygen atoms in total. The highest BCUT2D eigenvalue weighted by atomic mass is 79.9. The third-order valence-electron chi connectivity index (χ3n) is 2.98. The van der Waals surface area contributed by atoms with Crippen LogP contribution in [0.3, 0.4) is 0 Å². The zero-order valence-electron chi connectivity index (χ0n) is 10.5. The number of fused-ring (bicyclic) bond motifs is 1. The van der Waals surface area contributed by atoms with Crippen LogP contribution in [0.2, 0.25) is 0 Å². The summed E-state index contributed by atoms with van der Waals surface area (Å²) < 4.78 is 65.3. The molecule has 3 aromatic rings. The molecule has 3 rings (SSSR count). The number of aromatic nitrogens is 4. The lowest BCUT2D eigenvalue weighted by Crippen LogP contribution is -2.05. The van der Waals surface area contributed by atoms with Gasteiger partial charge in [0, 0.05) is 21.7 Å². The molecule has 0 aliphatic heterocycles. The third kappa shape index (κ3) is 2.47. The Hall–Kier alpha value is -1.97. The molecular weight excluding hydrogens is 375 g/mol. The van der Waals surface area contributed by atoms with E-state index in [1.165, 1.54) is 18.3 Å². The minimum Gasteiger partial charge on any atom is -0.298 e. The van der Waals surface area contributed by atoms with E-state index in [4.69, 9.17) is 0 Å². The number of nitrogens with one attached hydrogen (secondary N) is 1. The van der Waals surface area contributed by atoms with Gasteiger partial charge in [-0.15, -0.1) is 0 Å². The second-order valence-corrected chi connectivity index (χ2v) is 5.27. The molecule has 116 valence electrons. The van der Waals surface area contributed by atoms with Gasteiger partial charge in [-0.05, 0) is 28.1 Å². The molecule has 0 saturated carbocycles. The number of hydrogen-bond acceptors (Lipinski definition) is 2. The van der Waals surface area contributed by atoms with Gasteiger partial charge in [0.25, 0.3) is 6.43 Å². The molecule has 0 unspecified atom stereocenters. The van der Waals surface area contributed by atoms with Crippen molar-refractivity contribution < 1.29 is 22.0 Å². The van der Waals surface area contributed by atoms with E-state index in [9.17, 15) is 22.0 Å². The van der Waals surface area contributed by atoms with E-state index in [-0.39, 0.29) is 5.69 Å².